The lowest BCUT2D eigenvalue weighted by molar-refractivity contribution is 0.562. The van der Waals surface area contributed by atoms with Crippen LogP contribution in [-0.4, -0.2) is 30.0 Å². The average Bonchev–Trinajstić information content (AvgIpc) is 3.46. The van der Waals surface area contributed by atoms with Gasteiger partial charge in [0.1, 0.15) is 17.1 Å². The van der Waals surface area contributed by atoms with Gasteiger partial charge in [0.15, 0.2) is 0 Å². The Labute approximate surface area is 193 Å². The molecule has 1 atom stereocenters. The van der Waals surface area contributed by atoms with Crippen molar-refractivity contribution in [2.45, 2.75) is 47.1 Å². The standard InChI is InChI=1S/C27H28N6/c1-7-16(2)26(32-23-14-10-8-12-21(23)28-30-32)25-19(5)17(3)18(4)20(6)27(25)33-24-15-11-9-13-22(24)29-31-33/h8-15,26H,2,7H2,1,3-6H3. The average molecular weight is 437 g/mol. The zero-order valence-electron chi connectivity index (χ0n) is 19.8. The summed E-state index contributed by atoms with van der Waals surface area (Å²) in [6.07, 6.45) is 0.821. The van der Waals surface area contributed by atoms with E-state index in [1.54, 1.807) is 0 Å². The zero-order chi connectivity index (χ0) is 23.3. The molecule has 0 fully saturated rings. The lowest BCUT2D eigenvalue weighted by Crippen LogP contribution is -2.20. The number of aromatic nitrogens is 6. The molecule has 2 heterocycles. The fourth-order valence-electron chi connectivity index (χ4n) is 4.73. The van der Waals surface area contributed by atoms with Crippen LogP contribution in [-0.2, 0) is 0 Å². The van der Waals surface area contributed by atoms with Gasteiger partial charge in [0, 0.05) is 5.56 Å². The summed E-state index contributed by atoms with van der Waals surface area (Å²) in [7, 11) is 0. The number of para-hydroxylation sites is 2. The van der Waals surface area contributed by atoms with E-state index in [0.29, 0.717) is 0 Å². The number of allylic oxidation sites excluding steroid dienone is 1. The molecule has 166 valence electrons. The second-order valence-corrected chi connectivity index (χ2v) is 8.69. The maximum absolute atomic E-state index is 4.61. The monoisotopic (exact) mass is 436 g/mol. The van der Waals surface area contributed by atoms with Crippen LogP contribution in [0.25, 0.3) is 27.8 Å². The van der Waals surface area contributed by atoms with Gasteiger partial charge >= 0.3 is 0 Å². The van der Waals surface area contributed by atoms with Crippen LogP contribution in [0.2, 0.25) is 0 Å². The summed E-state index contributed by atoms with van der Waals surface area (Å²) in [4.78, 5) is 0. The first-order valence-electron chi connectivity index (χ1n) is 11.3. The van der Waals surface area contributed by atoms with Crippen molar-refractivity contribution in [1.29, 1.82) is 0 Å². The first-order valence-corrected chi connectivity index (χ1v) is 11.3. The number of benzene rings is 3. The minimum Gasteiger partial charge on any atom is -0.233 e. The molecule has 0 aliphatic heterocycles. The maximum atomic E-state index is 4.61. The molecule has 0 N–H and O–H groups in total. The molecule has 5 aromatic rings. The van der Waals surface area contributed by atoms with Crippen molar-refractivity contribution in [3.63, 3.8) is 0 Å². The van der Waals surface area contributed by atoms with E-state index in [2.05, 4.69) is 74.0 Å². The van der Waals surface area contributed by atoms with E-state index in [1.807, 2.05) is 45.8 Å². The van der Waals surface area contributed by atoms with E-state index in [4.69, 9.17) is 0 Å². The van der Waals surface area contributed by atoms with Gasteiger partial charge in [-0.2, -0.15) is 0 Å². The molecule has 2 aromatic heterocycles. The lowest BCUT2D eigenvalue weighted by Gasteiger charge is -2.28. The highest BCUT2D eigenvalue weighted by atomic mass is 15.4. The topological polar surface area (TPSA) is 61.4 Å². The van der Waals surface area contributed by atoms with Crippen molar-refractivity contribution in [2.24, 2.45) is 0 Å². The van der Waals surface area contributed by atoms with Crippen molar-refractivity contribution < 1.29 is 0 Å². The molecule has 0 aliphatic carbocycles. The smallest absolute Gasteiger partial charge is 0.113 e. The number of rotatable bonds is 5. The van der Waals surface area contributed by atoms with Gasteiger partial charge in [-0.1, -0.05) is 48.2 Å². The fourth-order valence-corrected chi connectivity index (χ4v) is 4.73. The summed E-state index contributed by atoms with van der Waals surface area (Å²) in [6.45, 7) is 15.4. The molecule has 0 spiro atoms. The molecule has 0 saturated carbocycles. The molecule has 0 bridgehead atoms. The molecular weight excluding hydrogens is 408 g/mol. The van der Waals surface area contributed by atoms with Crippen LogP contribution in [0.4, 0.5) is 0 Å². The Kier molecular flexibility index (Phi) is 5.08. The number of hydrogen-bond donors (Lipinski definition) is 0. The summed E-state index contributed by atoms with van der Waals surface area (Å²) in [5.74, 6) is 0. The van der Waals surface area contributed by atoms with Gasteiger partial charge in [-0.15, -0.1) is 10.2 Å². The largest absolute Gasteiger partial charge is 0.233 e. The highest BCUT2D eigenvalue weighted by molar-refractivity contribution is 5.78. The number of nitrogens with zero attached hydrogens (tertiary/aromatic N) is 6. The predicted molar refractivity (Wildman–Crippen MR) is 133 cm³/mol. The van der Waals surface area contributed by atoms with E-state index in [0.717, 1.165) is 45.3 Å². The van der Waals surface area contributed by atoms with E-state index in [9.17, 15) is 0 Å². The maximum Gasteiger partial charge on any atom is 0.113 e. The van der Waals surface area contributed by atoms with E-state index >= 15 is 0 Å². The highest BCUT2D eigenvalue weighted by Crippen LogP contribution is 2.40. The Morgan fingerprint density at radius 2 is 1.36 bits per heavy atom. The quantitative estimate of drug-likeness (QED) is 0.319. The molecule has 5 rings (SSSR count). The molecule has 3 aromatic carbocycles. The third kappa shape index (κ3) is 3.17. The fraction of sp³-hybridized carbons (Fsp3) is 0.259. The van der Waals surface area contributed by atoms with E-state index < -0.39 is 0 Å². The Bertz CT molecular complexity index is 1520. The third-order valence-electron chi connectivity index (χ3n) is 7.00. The highest BCUT2D eigenvalue weighted by Gasteiger charge is 2.29. The Morgan fingerprint density at radius 3 is 2.06 bits per heavy atom. The molecule has 0 aliphatic rings. The van der Waals surface area contributed by atoms with E-state index in [1.165, 1.54) is 22.3 Å². The van der Waals surface area contributed by atoms with Gasteiger partial charge in [0.05, 0.1) is 16.7 Å². The van der Waals surface area contributed by atoms with Crippen LogP contribution >= 0.6 is 0 Å². The Hall–Kier alpha value is -3.80. The number of hydrogen-bond acceptors (Lipinski definition) is 4. The SMILES string of the molecule is C=C(CC)C(c1c(C)c(C)c(C)c(C)c1-n1nnc2ccccc21)n1nnc2ccccc21. The molecule has 6 heteroatoms. The lowest BCUT2D eigenvalue weighted by atomic mass is 9.85. The van der Waals surface area contributed by atoms with Crippen LogP contribution in [0.3, 0.4) is 0 Å². The van der Waals surface area contributed by atoms with Gasteiger partial charge < -0.3 is 0 Å². The first kappa shape index (κ1) is 21.1. The van der Waals surface area contributed by atoms with Crippen molar-refractivity contribution in [3.05, 3.63) is 88.5 Å². The van der Waals surface area contributed by atoms with Crippen LogP contribution in [0.5, 0.6) is 0 Å². The second kappa shape index (κ2) is 7.96. The molecule has 0 amide bonds. The van der Waals surface area contributed by atoms with Gasteiger partial charge in [-0.3, -0.25) is 0 Å². The Balaban J connectivity index is 1.90. The molecular formula is C27H28N6. The third-order valence-corrected chi connectivity index (χ3v) is 7.00. The normalized spacial score (nSPS) is 12.5. The van der Waals surface area contributed by atoms with Crippen LogP contribution < -0.4 is 0 Å². The first-order chi connectivity index (χ1) is 15.9. The van der Waals surface area contributed by atoms with Crippen molar-refractivity contribution in [2.75, 3.05) is 0 Å². The zero-order valence-corrected chi connectivity index (χ0v) is 19.8. The van der Waals surface area contributed by atoms with E-state index in [-0.39, 0.29) is 6.04 Å². The molecule has 6 nitrogen and oxygen atoms in total. The number of fused-ring (bicyclic) bond motifs is 2. The van der Waals surface area contributed by atoms with Crippen molar-refractivity contribution in [1.82, 2.24) is 30.0 Å². The summed E-state index contributed by atoms with van der Waals surface area (Å²) >= 11 is 0. The predicted octanol–water partition coefficient (Wildman–Crippen LogP) is 5.95. The van der Waals surface area contributed by atoms with Crippen LogP contribution in [0.15, 0.2) is 60.7 Å². The summed E-state index contributed by atoms with van der Waals surface area (Å²) in [5, 5.41) is 18.1. The van der Waals surface area contributed by atoms with Gasteiger partial charge in [0.25, 0.3) is 0 Å². The molecule has 0 radical (unpaired) electrons. The van der Waals surface area contributed by atoms with Crippen molar-refractivity contribution >= 4 is 22.1 Å². The van der Waals surface area contributed by atoms with Gasteiger partial charge in [-0.05, 0) is 86.2 Å². The molecule has 0 saturated heterocycles. The summed E-state index contributed by atoms with van der Waals surface area (Å²) in [6, 6.07) is 16.0. The minimum atomic E-state index is -0.182. The second-order valence-electron chi connectivity index (χ2n) is 8.69. The van der Waals surface area contributed by atoms with Crippen LogP contribution in [0.1, 0.15) is 47.2 Å². The van der Waals surface area contributed by atoms with Gasteiger partial charge in [0.2, 0.25) is 0 Å². The Morgan fingerprint density at radius 1 is 0.788 bits per heavy atom. The summed E-state index contributed by atoms with van der Waals surface area (Å²) in [5.41, 5.74) is 11.9. The van der Waals surface area contributed by atoms with Crippen LogP contribution in [0, 0.1) is 27.7 Å². The van der Waals surface area contributed by atoms with Gasteiger partial charge in [-0.25, -0.2) is 9.36 Å². The molecule has 1 unspecified atom stereocenters. The minimum absolute atomic E-state index is 0.182. The van der Waals surface area contributed by atoms with Crippen molar-refractivity contribution in [3.8, 4) is 5.69 Å². The summed E-state index contributed by atoms with van der Waals surface area (Å²) < 4.78 is 3.99. The molecule has 33 heavy (non-hydrogen) atoms.